The van der Waals surface area contributed by atoms with Crippen molar-refractivity contribution in [1.82, 2.24) is 5.32 Å². The third kappa shape index (κ3) is 11.6. The van der Waals surface area contributed by atoms with Crippen LogP contribution in [0.15, 0.2) is 17.1 Å². The second-order valence-corrected chi connectivity index (χ2v) is 8.67. The smallest absolute Gasteiger partial charge is 0.217 e. The lowest BCUT2D eigenvalue weighted by Crippen LogP contribution is -2.54. The number of hydrogen-bond acceptors (Lipinski definition) is 2. The minimum atomic E-state index is 0.0619. The maximum Gasteiger partial charge on any atom is 0.217 e. The maximum absolute atomic E-state index is 11.2. The molecule has 1 amide bonds. The Morgan fingerprint density at radius 1 is 0.966 bits per heavy atom. The number of nitrogens with zero attached hydrogens (tertiary/aromatic N) is 2. The second-order valence-electron chi connectivity index (χ2n) is 8.67. The largest absolute Gasteiger partial charge is 0.351 e. The van der Waals surface area contributed by atoms with Gasteiger partial charge in [0.15, 0.2) is 5.84 Å². The number of quaternary nitrogens is 1. The summed E-state index contributed by atoms with van der Waals surface area (Å²) in [6, 6.07) is 0. The van der Waals surface area contributed by atoms with E-state index in [9.17, 15) is 4.79 Å². The van der Waals surface area contributed by atoms with E-state index in [1.165, 1.54) is 76.5 Å². The van der Waals surface area contributed by atoms with E-state index in [2.05, 4.69) is 31.3 Å². The molecule has 1 atom stereocenters. The average Bonchev–Trinajstić information content (AvgIpc) is 3.11. The monoisotopic (exact) mass is 406 g/mol. The van der Waals surface area contributed by atoms with E-state index < -0.39 is 0 Å². The fourth-order valence-corrected chi connectivity index (χ4v) is 4.35. The number of carbonyl (C=O) groups is 1. The number of aliphatic imine (C=N–C) groups is 1. The molecule has 1 aliphatic heterocycles. The van der Waals surface area contributed by atoms with Gasteiger partial charge in [0, 0.05) is 13.3 Å². The van der Waals surface area contributed by atoms with Gasteiger partial charge < -0.3 is 5.32 Å². The van der Waals surface area contributed by atoms with E-state index in [0.29, 0.717) is 0 Å². The summed E-state index contributed by atoms with van der Waals surface area (Å²) in [5, 5.41) is 2.95. The SMILES string of the molecule is CCCCCCCCCCCC/C=C/CCC1=NCC[N+]1(CC)CCNC(C)=O. The van der Waals surface area contributed by atoms with E-state index in [0.717, 1.165) is 50.0 Å². The molecule has 0 aliphatic carbocycles. The minimum Gasteiger partial charge on any atom is -0.351 e. The second kappa shape index (κ2) is 16.6. The molecule has 0 bridgehead atoms. The van der Waals surface area contributed by atoms with E-state index in [-0.39, 0.29) is 5.91 Å². The molecular formula is C25H48N3O+. The Kier molecular flexibility index (Phi) is 14.8. The van der Waals surface area contributed by atoms with Gasteiger partial charge in [0.2, 0.25) is 5.91 Å². The van der Waals surface area contributed by atoms with Crippen LogP contribution in [-0.4, -0.2) is 48.9 Å². The highest BCUT2D eigenvalue weighted by atomic mass is 16.1. The standard InChI is InChI=1S/C25H47N3O/c1-4-6-7-8-9-10-11-12-13-14-15-16-17-18-19-25-27-21-23-28(25,5-2)22-20-26-24(3)29/h16-17H,4-15,18-23H2,1-3H3/p+1/b17-16+. The first-order chi connectivity index (χ1) is 14.1. The van der Waals surface area contributed by atoms with Crippen LogP contribution in [0, 0.1) is 0 Å². The number of amides is 1. The summed E-state index contributed by atoms with van der Waals surface area (Å²) in [5.41, 5.74) is 0. The lowest BCUT2D eigenvalue weighted by atomic mass is 10.1. The summed E-state index contributed by atoms with van der Waals surface area (Å²) in [4.78, 5) is 16.0. The molecule has 0 radical (unpaired) electrons. The molecule has 0 aromatic heterocycles. The van der Waals surface area contributed by atoms with Crippen LogP contribution in [0.3, 0.4) is 0 Å². The third-order valence-corrected chi connectivity index (χ3v) is 6.31. The molecule has 0 aromatic rings. The summed E-state index contributed by atoms with van der Waals surface area (Å²) in [5.74, 6) is 1.40. The van der Waals surface area contributed by atoms with Crippen LogP contribution < -0.4 is 5.32 Å². The topological polar surface area (TPSA) is 41.5 Å². The van der Waals surface area contributed by atoms with Crippen molar-refractivity contribution in [3.8, 4) is 0 Å². The van der Waals surface area contributed by atoms with Crippen molar-refractivity contribution in [2.75, 3.05) is 32.7 Å². The fourth-order valence-electron chi connectivity index (χ4n) is 4.35. The molecule has 0 saturated heterocycles. The number of unbranched alkanes of at least 4 members (excludes halogenated alkanes) is 10. The van der Waals surface area contributed by atoms with Crippen molar-refractivity contribution in [2.45, 2.75) is 104 Å². The Labute approximate surface area is 180 Å². The molecule has 0 fully saturated rings. The van der Waals surface area contributed by atoms with Gasteiger partial charge >= 0.3 is 0 Å². The van der Waals surface area contributed by atoms with Gasteiger partial charge in [0.25, 0.3) is 0 Å². The summed E-state index contributed by atoms with van der Waals surface area (Å²) in [6.45, 7) is 10.9. The van der Waals surface area contributed by atoms with Gasteiger partial charge in [-0.15, -0.1) is 0 Å². The molecule has 4 heteroatoms. The molecule has 168 valence electrons. The molecule has 29 heavy (non-hydrogen) atoms. The highest BCUT2D eigenvalue weighted by molar-refractivity contribution is 5.77. The van der Waals surface area contributed by atoms with Gasteiger partial charge in [0.05, 0.1) is 19.6 Å². The van der Waals surface area contributed by atoms with Crippen molar-refractivity contribution in [3.05, 3.63) is 12.2 Å². The van der Waals surface area contributed by atoms with Gasteiger partial charge in [-0.2, -0.15) is 0 Å². The molecule has 0 saturated carbocycles. The molecule has 0 spiro atoms. The Bertz CT molecular complexity index is 486. The number of likely N-dealkylation sites (N-methyl/N-ethyl adjacent to an activating group) is 1. The van der Waals surface area contributed by atoms with Crippen molar-refractivity contribution in [1.29, 1.82) is 0 Å². The highest BCUT2D eigenvalue weighted by Gasteiger charge is 2.35. The van der Waals surface area contributed by atoms with Gasteiger partial charge in [-0.05, 0) is 26.2 Å². The zero-order chi connectivity index (χ0) is 21.2. The van der Waals surface area contributed by atoms with Crippen LogP contribution in [0.4, 0.5) is 0 Å². The zero-order valence-corrected chi connectivity index (χ0v) is 19.7. The fraction of sp³-hybridized carbons (Fsp3) is 0.840. The quantitative estimate of drug-likeness (QED) is 0.169. The number of nitrogens with one attached hydrogen (secondary N) is 1. The van der Waals surface area contributed by atoms with Gasteiger partial charge in [-0.1, -0.05) is 76.9 Å². The first kappa shape index (κ1) is 25.9. The van der Waals surface area contributed by atoms with Crippen molar-refractivity contribution < 1.29 is 9.28 Å². The van der Waals surface area contributed by atoms with Crippen LogP contribution >= 0.6 is 0 Å². The van der Waals surface area contributed by atoms with Crippen LogP contribution in [0.2, 0.25) is 0 Å². The highest BCUT2D eigenvalue weighted by Crippen LogP contribution is 2.18. The summed E-state index contributed by atoms with van der Waals surface area (Å²) in [7, 11) is 0. The Morgan fingerprint density at radius 2 is 1.59 bits per heavy atom. The zero-order valence-electron chi connectivity index (χ0n) is 19.7. The predicted octanol–water partition coefficient (Wildman–Crippen LogP) is 6.02. The molecule has 1 heterocycles. The number of allylic oxidation sites excluding steroid dienone is 2. The Hall–Kier alpha value is -1.16. The van der Waals surface area contributed by atoms with Crippen LogP contribution in [0.1, 0.15) is 104 Å². The maximum atomic E-state index is 11.2. The van der Waals surface area contributed by atoms with Gasteiger partial charge in [-0.25, -0.2) is 4.99 Å². The summed E-state index contributed by atoms with van der Waals surface area (Å²) < 4.78 is 0.965. The van der Waals surface area contributed by atoms with E-state index in [1.54, 1.807) is 6.92 Å². The molecule has 1 aliphatic rings. The van der Waals surface area contributed by atoms with Crippen LogP contribution in [0.25, 0.3) is 0 Å². The van der Waals surface area contributed by atoms with Crippen LogP contribution in [-0.2, 0) is 4.79 Å². The molecule has 1 N–H and O–H groups in total. The third-order valence-electron chi connectivity index (χ3n) is 6.31. The molecule has 1 rings (SSSR count). The van der Waals surface area contributed by atoms with E-state index in [4.69, 9.17) is 4.99 Å². The number of carbonyl (C=O) groups excluding carboxylic acids is 1. The van der Waals surface area contributed by atoms with Crippen molar-refractivity contribution in [2.24, 2.45) is 4.99 Å². The molecule has 4 nitrogen and oxygen atoms in total. The Morgan fingerprint density at radius 3 is 2.21 bits per heavy atom. The van der Waals surface area contributed by atoms with Gasteiger partial charge in [0.1, 0.15) is 13.1 Å². The number of amidine groups is 1. The van der Waals surface area contributed by atoms with Gasteiger partial charge in [-0.3, -0.25) is 9.28 Å². The summed E-state index contributed by atoms with van der Waals surface area (Å²) in [6.07, 6.45) is 22.1. The van der Waals surface area contributed by atoms with Crippen molar-refractivity contribution >= 4 is 11.7 Å². The van der Waals surface area contributed by atoms with Crippen molar-refractivity contribution in [3.63, 3.8) is 0 Å². The molecular weight excluding hydrogens is 358 g/mol. The van der Waals surface area contributed by atoms with Crippen LogP contribution in [0.5, 0.6) is 0 Å². The molecule has 0 aromatic carbocycles. The Balaban J connectivity index is 2.07. The summed E-state index contributed by atoms with van der Waals surface area (Å²) >= 11 is 0. The van der Waals surface area contributed by atoms with E-state index in [1.807, 2.05) is 0 Å². The number of rotatable bonds is 18. The first-order valence-corrected chi connectivity index (χ1v) is 12.4. The van der Waals surface area contributed by atoms with E-state index >= 15 is 0 Å². The normalized spacial score (nSPS) is 19.1. The first-order valence-electron chi connectivity index (χ1n) is 12.4. The molecule has 1 unspecified atom stereocenters. The minimum absolute atomic E-state index is 0.0619. The lowest BCUT2D eigenvalue weighted by molar-refractivity contribution is -0.833. The lowest BCUT2D eigenvalue weighted by Gasteiger charge is -2.33. The number of hydrogen-bond donors (Lipinski definition) is 1. The predicted molar refractivity (Wildman–Crippen MR) is 126 cm³/mol. The average molecular weight is 407 g/mol.